The van der Waals surface area contributed by atoms with E-state index in [9.17, 15) is 4.39 Å². The van der Waals surface area contributed by atoms with Crippen molar-refractivity contribution in [2.45, 2.75) is 6.61 Å². The predicted octanol–water partition coefficient (Wildman–Crippen LogP) is 2.24. The average Bonchev–Trinajstić information content (AvgIpc) is 2.38. The van der Waals surface area contributed by atoms with Crippen molar-refractivity contribution in [1.29, 1.82) is 0 Å². The van der Waals surface area contributed by atoms with Crippen LogP contribution in [0.4, 0.5) is 10.3 Å². The van der Waals surface area contributed by atoms with Gasteiger partial charge in [0.15, 0.2) is 0 Å². The van der Waals surface area contributed by atoms with Crippen molar-refractivity contribution in [3.8, 4) is 5.88 Å². The van der Waals surface area contributed by atoms with E-state index in [1.165, 1.54) is 6.07 Å². The Labute approximate surface area is 98.5 Å². The van der Waals surface area contributed by atoms with Gasteiger partial charge < -0.3 is 10.1 Å². The van der Waals surface area contributed by atoms with Crippen LogP contribution in [0.25, 0.3) is 0 Å². The zero-order valence-corrected chi connectivity index (χ0v) is 9.35. The molecule has 1 aromatic heterocycles. The molecule has 2 aromatic rings. The van der Waals surface area contributed by atoms with Gasteiger partial charge in [-0.25, -0.2) is 9.37 Å². The van der Waals surface area contributed by atoms with E-state index in [0.717, 1.165) is 0 Å². The topological polar surface area (TPSA) is 47.0 Å². The lowest BCUT2D eigenvalue weighted by atomic mass is 10.2. The zero-order valence-electron chi connectivity index (χ0n) is 9.35. The van der Waals surface area contributed by atoms with Crippen molar-refractivity contribution < 1.29 is 9.13 Å². The maximum atomic E-state index is 13.3. The summed E-state index contributed by atoms with van der Waals surface area (Å²) in [5.74, 6) is 0.596. The van der Waals surface area contributed by atoms with Crippen LogP contribution in [0.5, 0.6) is 5.88 Å². The van der Waals surface area contributed by atoms with E-state index in [1.807, 2.05) is 0 Å². The Morgan fingerprint density at radius 1 is 1.29 bits per heavy atom. The lowest BCUT2D eigenvalue weighted by Crippen LogP contribution is -2.02. The van der Waals surface area contributed by atoms with Crippen molar-refractivity contribution in [1.82, 2.24) is 9.97 Å². The summed E-state index contributed by atoms with van der Waals surface area (Å²) in [5, 5.41) is 2.80. The van der Waals surface area contributed by atoms with Gasteiger partial charge in [-0.1, -0.05) is 18.2 Å². The molecule has 0 aliphatic rings. The van der Waals surface area contributed by atoms with E-state index in [0.29, 0.717) is 17.4 Å². The number of hydrogen-bond donors (Lipinski definition) is 1. The number of anilines is 1. The lowest BCUT2D eigenvalue weighted by Gasteiger charge is -2.06. The third-order valence-corrected chi connectivity index (χ3v) is 2.19. The van der Waals surface area contributed by atoms with Gasteiger partial charge in [-0.2, -0.15) is 4.98 Å². The molecule has 2 rings (SSSR count). The first kappa shape index (κ1) is 11.3. The minimum Gasteiger partial charge on any atom is -0.473 e. The molecule has 0 atom stereocenters. The van der Waals surface area contributed by atoms with Crippen LogP contribution in [0, 0.1) is 5.82 Å². The highest BCUT2D eigenvalue weighted by molar-refractivity contribution is 5.26. The van der Waals surface area contributed by atoms with Crippen molar-refractivity contribution in [3.63, 3.8) is 0 Å². The van der Waals surface area contributed by atoms with Crippen LogP contribution >= 0.6 is 0 Å². The summed E-state index contributed by atoms with van der Waals surface area (Å²) in [6.45, 7) is 0.146. The van der Waals surface area contributed by atoms with E-state index < -0.39 is 0 Å². The number of aromatic nitrogens is 2. The molecule has 4 nitrogen and oxygen atoms in total. The van der Waals surface area contributed by atoms with Gasteiger partial charge >= 0.3 is 0 Å². The average molecular weight is 233 g/mol. The molecular weight excluding hydrogens is 221 g/mol. The fraction of sp³-hybridized carbons (Fsp3) is 0.167. The minimum absolute atomic E-state index is 0.146. The Bertz CT molecular complexity index is 505. The second-order valence-corrected chi connectivity index (χ2v) is 3.35. The first-order valence-corrected chi connectivity index (χ1v) is 5.16. The summed E-state index contributed by atoms with van der Waals surface area (Å²) in [6, 6.07) is 8.11. The Morgan fingerprint density at radius 2 is 2.12 bits per heavy atom. The number of benzene rings is 1. The summed E-state index contributed by atoms with van der Waals surface area (Å²) in [6.07, 6.45) is 1.58. The van der Waals surface area contributed by atoms with Gasteiger partial charge in [0.2, 0.25) is 11.8 Å². The van der Waals surface area contributed by atoms with Crippen molar-refractivity contribution >= 4 is 5.95 Å². The maximum Gasteiger partial charge on any atom is 0.225 e. The molecule has 0 fully saturated rings. The summed E-state index contributed by atoms with van der Waals surface area (Å²) in [5.41, 5.74) is 0.497. The van der Waals surface area contributed by atoms with Crippen LogP contribution < -0.4 is 10.1 Å². The van der Waals surface area contributed by atoms with Gasteiger partial charge in [-0.05, 0) is 6.07 Å². The van der Waals surface area contributed by atoms with Crippen molar-refractivity contribution in [3.05, 3.63) is 47.9 Å². The van der Waals surface area contributed by atoms with Crippen molar-refractivity contribution in [2.75, 3.05) is 12.4 Å². The first-order chi connectivity index (χ1) is 8.29. The quantitative estimate of drug-likeness (QED) is 0.879. The normalized spacial score (nSPS) is 10.0. The largest absolute Gasteiger partial charge is 0.473 e. The van der Waals surface area contributed by atoms with Gasteiger partial charge in [0, 0.05) is 24.9 Å². The van der Waals surface area contributed by atoms with E-state index in [4.69, 9.17) is 4.74 Å². The summed E-state index contributed by atoms with van der Waals surface area (Å²) >= 11 is 0. The first-order valence-electron chi connectivity index (χ1n) is 5.16. The Hall–Kier alpha value is -2.17. The molecule has 5 heteroatoms. The molecule has 0 aliphatic carbocycles. The molecule has 88 valence electrons. The molecule has 0 radical (unpaired) electrons. The summed E-state index contributed by atoms with van der Waals surface area (Å²) in [7, 11) is 1.72. The van der Waals surface area contributed by atoms with Gasteiger partial charge in [0.1, 0.15) is 12.4 Å². The monoisotopic (exact) mass is 233 g/mol. The van der Waals surface area contributed by atoms with Gasteiger partial charge in [-0.15, -0.1) is 0 Å². The number of hydrogen-bond acceptors (Lipinski definition) is 4. The highest BCUT2D eigenvalue weighted by Gasteiger charge is 2.03. The van der Waals surface area contributed by atoms with Crippen molar-refractivity contribution in [2.24, 2.45) is 0 Å². The Morgan fingerprint density at radius 3 is 2.88 bits per heavy atom. The fourth-order valence-corrected chi connectivity index (χ4v) is 1.31. The number of ether oxygens (including phenoxy) is 1. The molecule has 1 aromatic carbocycles. The molecule has 1 heterocycles. The standard InChI is InChI=1S/C12H12FN3O/c1-14-12-15-7-6-11(16-12)17-8-9-4-2-3-5-10(9)13/h2-7H,8H2,1H3,(H,14,15,16). The van der Waals surface area contributed by atoms with E-state index in [1.54, 1.807) is 37.5 Å². The molecule has 1 N–H and O–H groups in total. The SMILES string of the molecule is CNc1nccc(OCc2ccccc2F)n1. The molecule has 0 unspecified atom stereocenters. The summed E-state index contributed by atoms with van der Waals surface area (Å²) < 4.78 is 18.7. The third kappa shape index (κ3) is 2.90. The van der Waals surface area contributed by atoms with Crippen LogP contribution in [0.3, 0.4) is 0 Å². The van der Waals surface area contributed by atoms with Crippen LogP contribution in [-0.4, -0.2) is 17.0 Å². The van der Waals surface area contributed by atoms with Gasteiger partial charge in [0.05, 0.1) is 0 Å². The molecular formula is C12H12FN3O. The molecule has 0 saturated heterocycles. The highest BCUT2D eigenvalue weighted by atomic mass is 19.1. The van der Waals surface area contributed by atoms with Crippen LogP contribution in [0.1, 0.15) is 5.56 Å². The van der Waals surface area contributed by atoms with Gasteiger partial charge in [-0.3, -0.25) is 0 Å². The zero-order chi connectivity index (χ0) is 12.1. The summed E-state index contributed by atoms with van der Waals surface area (Å²) in [4.78, 5) is 8.02. The second kappa shape index (κ2) is 5.25. The van der Waals surface area contributed by atoms with E-state index in [-0.39, 0.29) is 12.4 Å². The smallest absolute Gasteiger partial charge is 0.225 e. The van der Waals surface area contributed by atoms with Crippen LogP contribution in [-0.2, 0) is 6.61 Å². The fourth-order valence-electron chi connectivity index (χ4n) is 1.31. The maximum absolute atomic E-state index is 13.3. The van der Waals surface area contributed by atoms with E-state index >= 15 is 0 Å². The molecule has 0 amide bonds. The third-order valence-electron chi connectivity index (χ3n) is 2.19. The second-order valence-electron chi connectivity index (χ2n) is 3.35. The number of rotatable bonds is 4. The van der Waals surface area contributed by atoms with E-state index in [2.05, 4.69) is 15.3 Å². The Kier molecular flexibility index (Phi) is 3.49. The lowest BCUT2D eigenvalue weighted by molar-refractivity contribution is 0.288. The van der Waals surface area contributed by atoms with Crippen LogP contribution in [0.2, 0.25) is 0 Å². The Balaban J connectivity index is 2.05. The number of nitrogens with zero attached hydrogens (tertiary/aromatic N) is 2. The highest BCUT2D eigenvalue weighted by Crippen LogP contribution is 2.12. The minimum atomic E-state index is -0.282. The molecule has 17 heavy (non-hydrogen) atoms. The molecule has 0 spiro atoms. The van der Waals surface area contributed by atoms with Gasteiger partial charge in [0.25, 0.3) is 0 Å². The van der Waals surface area contributed by atoms with Crippen LogP contribution in [0.15, 0.2) is 36.5 Å². The molecule has 0 aliphatic heterocycles. The number of halogens is 1. The molecule has 0 saturated carbocycles. The molecule has 0 bridgehead atoms. The number of nitrogens with one attached hydrogen (secondary N) is 1. The predicted molar refractivity (Wildman–Crippen MR) is 62.3 cm³/mol.